The van der Waals surface area contributed by atoms with Gasteiger partial charge in [0, 0.05) is 11.8 Å². The minimum absolute atomic E-state index is 0.0339. The molecule has 1 heterocycles. The number of carbonyl (C=O) groups is 2. The van der Waals surface area contributed by atoms with Crippen LogP contribution in [0, 0.1) is 11.8 Å². The van der Waals surface area contributed by atoms with Crippen LogP contribution in [0.2, 0.25) is 0 Å². The number of ether oxygens (including phenoxy) is 1. The summed E-state index contributed by atoms with van der Waals surface area (Å²) in [5, 5.41) is 3.30. The molecule has 0 spiro atoms. The van der Waals surface area contributed by atoms with Gasteiger partial charge in [-0.1, -0.05) is 6.92 Å². The predicted molar refractivity (Wildman–Crippen MR) is 70.2 cm³/mol. The Bertz CT molecular complexity index is 306. The van der Waals surface area contributed by atoms with Crippen molar-refractivity contribution >= 4 is 11.8 Å². The minimum atomic E-state index is -0.435. The van der Waals surface area contributed by atoms with Gasteiger partial charge in [-0.2, -0.15) is 0 Å². The molecule has 104 valence electrons. The Kier molecular flexibility index (Phi) is 5.32. The summed E-state index contributed by atoms with van der Waals surface area (Å²) in [6.45, 7) is 9.18. The standard InChI is InChI=1S/C14H25NO3/c1-10(11(2)16)9-13(17)18-14(3,4)12-5-7-15-8-6-12/h10,12,15H,5-9H2,1-4H3. The first kappa shape index (κ1) is 15.2. The summed E-state index contributed by atoms with van der Waals surface area (Å²) in [6, 6.07) is 0. The van der Waals surface area contributed by atoms with Gasteiger partial charge in [0.2, 0.25) is 0 Å². The lowest BCUT2D eigenvalue weighted by atomic mass is 9.83. The van der Waals surface area contributed by atoms with Gasteiger partial charge in [-0.15, -0.1) is 0 Å². The average molecular weight is 255 g/mol. The molecule has 1 saturated heterocycles. The fourth-order valence-corrected chi connectivity index (χ4v) is 2.33. The van der Waals surface area contributed by atoms with Gasteiger partial charge in [0.05, 0.1) is 6.42 Å². The Hall–Kier alpha value is -0.900. The first-order valence-corrected chi connectivity index (χ1v) is 6.76. The number of esters is 1. The topological polar surface area (TPSA) is 55.4 Å². The SMILES string of the molecule is CC(=O)C(C)CC(=O)OC(C)(C)C1CCNCC1. The van der Waals surface area contributed by atoms with Crippen LogP contribution in [0.3, 0.4) is 0 Å². The number of piperidine rings is 1. The molecule has 0 bridgehead atoms. The molecular formula is C14H25NO3. The van der Waals surface area contributed by atoms with Gasteiger partial charge in [0.15, 0.2) is 0 Å². The Morgan fingerprint density at radius 3 is 2.39 bits per heavy atom. The van der Waals surface area contributed by atoms with Crippen molar-refractivity contribution in [2.45, 2.75) is 52.6 Å². The van der Waals surface area contributed by atoms with Crippen molar-refractivity contribution in [1.29, 1.82) is 0 Å². The third-order valence-electron chi connectivity index (χ3n) is 3.87. The van der Waals surface area contributed by atoms with Gasteiger partial charge < -0.3 is 10.1 Å². The van der Waals surface area contributed by atoms with Crippen molar-refractivity contribution in [2.24, 2.45) is 11.8 Å². The largest absolute Gasteiger partial charge is 0.459 e. The molecule has 4 heteroatoms. The van der Waals surface area contributed by atoms with Crippen LogP contribution >= 0.6 is 0 Å². The molecule has 0 aromatic heterocycles. The Balaban J connectivity index is 2.48. The van der Waals surface area contributed by atoms with E-state index in [4.69, 9.17) is 4.74 Å². The maximum Gasteiger partial charge on any atom is 0.307 e. The van der Waals surface area contributed by atoms with Crippen molar-refractivity contribution in [3.8, 4) is 0 Å². The van der Waals surface area contributed by atoms with Crippen molar-refractivity contribution in [3.05, 3.63) is 0 Å². The number of hydrogen-bond acceptors (Lipinski definition) is 4. The Morgan fingerprint density at radius 1 is 1.33 bits per heavy atom. The normalized spacial score (nSPS) is 19.3. The molecule has 1 N–H and O–H groups in total. The highest BCUT2D eigenvalue weighted by Crippen LogP contribution is 2.29. The van der Waals surface area contributed by atoms with Crippen LogP contribution in [0.1, 0.15) is 47.0 Å². The Morgan fingerprint density at radius 2 is 1.89 bits per heavy atom. The number of rotatable bonds is 5. The van der Waals surface area contributed by atoms with Crippen molar-refractivity contribution in [2.75, 3.05) is 13.1 Å². The van der Waals surface area contributed by atoms with E-state index in [0.29, 0.717) is 5.92 Å². The second-order valence-electron chi connectivity index (χ2n) is 5.82. The molecule has 0 saturated carbocycles. The molecule has 18 heavy (non-hydrogen) atoms. The quantitative estimate of drug-likeness (QED) is 0.763. The van der Waals surface area contributed by atoms with Gasteiger partial charge in [0.1, 0.15) is 11.4 Å². The second-order valence-corrected chi connectivity index (χ2v) is 5.82. The van der Waals surface area contributed by atoms with Crippen LogP contribution in [0.15, 0.2) is 0 Å². The van der Waals surface area contributed by atoms with Gasteiger partial charge in [-0.05, 0) is 46.7 Å². The van der Waals surface area contributed by atoms with E-state index in [1.54, 1.807) is 6.92 Å². The summed E-state index contributed by atoms with van der Waals surface area (Å²) in [5.41, 5.74) is -0.435. The molecule has 0 aliphatic carbocycles. The van der Waals surface area contributed by atoms with E-state index in [1.807, 2.05) is 13.8 Å². The smallest absolute Gasteiger partial charge is 0.307 e. The molecule has 1 unspecified atom stereocenters. The number of hydrogen-bond donors (Lipinski definition) is 1. The van der Waals surface area contributed by atoms with E-state index in [2.05, 4.69) is 5.32 Å². The van der Waals surface area contributed by atoms with Crippen LogP contribution < -0.4 is 5.32 Å². The average Bonchev–Trinajstić information content (AvgIpc) is 2.29. The van der Waals surface area contributed by atoms with Gasteiger partial charge in [0.25, 0.3) is 0 Å². The van der Waals surface area contributed by atoms with Crippen molar-refractivity contribution < 1.29 is 14.3 Å². The summed E-state index contributed by atoms with van der Waals surface area (Å²) in [4.78, 5) is 23.0. The highest BCUT2D eigenvalue weighted by molar-refractivity contribution is 5.83. The minimum Gasteiger partial charge on any atom is -0.459 e. The number of ketones is 1. The molecular weight excluding hydrogens is 230 g/mol. The van der Waals surface area contributed by atoms with E-state index in [-0.39, 0.29) is 24.1 Å². The van der Waals surface area contributed by atoms with E-state index in [1.165, 1.54) is 6.92 Å². The van der Waals surface area contributed by atoms with E-state index in [9.17, 15) is 9.59 Å². The lowest BCUT2D eigenvalue weighted by Gasteiger charge is -2.36. The fourth-order valence-electron chi connectivity index (χ4n) is 2.33. The number of carbonyl (C=O) groups excluding carboxylic acids is 2. The van der Waals surface area contributed by atoms with Crippen LogP contribution in [0.5, 0.6) is 0 Å². The predicted octanol–water partition coefficient (Wildman–Crippen LogP) is 1.92. The molecule has 1 atom stereocenters. The van der Waals surface area contributed by atoms with Gasteiger partial charge >= 0.3 is 5.97 Å². The van der Waals surface area contributed by atoms with Crippen molar-refractivity contribution in [1.82, 2.24) is 5.32 Å². The second kappa shape index (κ2) is 6.32. The lowest BCUT2D eigenvalue weighted by Crippen LogP contribution is -2.43. The molecule has 1 rings (SSSR count). The molecule has 1 aliphatic rings. The first-order valence-electron chi connectivity index (χ1n) is 6.76. The van der Waals surface area contributed by atoms with Gasteiger partial charge in [-0.3, -0.25) is 9.59 Å². The van der Waals surface area contributed by atoms with Gasteiger partial charge in [-0.25, -0.2) is 0 Å². The molecule has 0 aromatic rings. The molecule has 1 fully saturated rings. The zero-order valence-corrected chi connectivity index (χ0v) is 11.9. The van der Waals surface area contributed by atoms with Crippen LogP contribution in [0.4, 0.5) is 0 Å². The lowest BCUT2D eigenvalue weighted by molar-refractivity contribution is -0.164. The molecule has 0 amide bonds. The summed E-state index contributed by atoms with van der Waals surface area (Å²) in [6.07, 6.45) is 2.24. The highest BCUT2D eigenvalue weighted by atomic mass is 16.6. The zero-order chi connectivity index (χ0) is 13.8. The summed E-state index contributed by atoms with van der Waals surface area (Å²) in [7, 11) is 0. The molecule has 0 aromatic carbocycles. The number of nitrogens with one attached hydrogen (secondary N) is 1. The fraction of sp³-hybridized carbons (Fsp3) is 0.857. The van der Waals surface area contributed by atoms with Crippen LogP contribution in [-0.4, -0.2) is 30.4 Å². The summed E-state index contributed by atoms with van der Waals surface area (Å²) in [5.74, 6) is -0.0792. The maximum atomic E-state index is 11.8. The molecule has 0 radical (unpaired) electrons. The third kappa shape index (κ3) is 4.41. The molecule has 1 aliphatic heterocycles. The monoisotopic (exact) mass is 255 g/mol. The maximum absolute atomic E-state index is 11.8. The van der Waals surface area contributed by atoms with E-state index in [0.717, 1.165) is 25.9 Å². The van der Waals surface area contributed by atoms with Crippen LogP contribution in [-0.2, 0) is 14.3 Å². The highest BCUT2D eigenvalue weighted by Gasteiger charge is 2.34. The summed E-state index contributed by atoms with van der Waals surface area (Å²) >= 11 is 0. The zero-order valence-electron chi connectivity index (χ0n) is 11.9. The Labute approximate surface area is 109 Å². The van der Waals surface area contributed by atoms with E-state index >= 15 is 0 Å². The molecule has 4 nitrogen and oxygen atoms in total. The first-order chi connectivity index (χ1) is 8.33. The van der Waals surface area contributed by atoms with Crippen molar-refractivity contribution in [3.63, 3.8) is 0 Å². The summed E-state index contributed by atoms with van der Waals surface area (Å²) < 4.78 is 5.58. The third-order valence-corrected chi connectivity index (χ3v) is 3.87. The number of Topliss-reactive ketones (excluding diaryl/α,β-unsaturated/α-hetero) is 1. The van der Waals surface area contributed by atoms with E-state index < -0.39 is 5.60 Å². The van der Waals surface area contributed by atoms with Crippen LogP contribution in [0.25, 0.3) is 0 Å².